The minimum Gasteiger partial charge on any atom is -0.352 e. The highest BCUT2D eigenvalue weighted by Crippen LogP contribution is 2.27. The van der Waals surface area contributed by atoms with Crippen LogP contribution < -0.4 is 11.1 Å². The molecule has 3 aliphatic rings. The SMILES string of the molecule is Cl.NCC(NC(=O)C1CCN(C(=O)N2CCCC2)CC1)C1CCCCC1. The van der Waals surface area contributed by atoms with Crippen molar-refractivity contribution in [1.29, 1.82) is 0 Å². The molecule has 1 unspecified atom stereocenters. The second-order valence-corrected chi connectivity index (χ2v) is 7.99. The third-order valence-electron chi connectivity index (χ3n) is 6.31. The molecule has 6 nitrogen and oxygen atoms in total. The van der Waals surface area contributed by atoms with E-state index in [1.807, 2.05) is 9.80 Å². The topological polar surface area (TPSA) is 78.7 Å². The van der Waals surface area contributed by atoms with Crippen LogP contribution in [0.25, 0.3) is 0 Å². The van der Waals surface area contributed by atoms with Gasteiger partial charge >= 0.3 is 6.03 Å². The van der Waals surface area contributed by atoms with Crippen molar-refractivity contribution in [3.63, 3.8) is 0 Å². The number of nitrogens with one attached hydrogen (secondary N) is 1. The highest BCUT2D eigenvalue weighted by molar-refractivity contribution is 5.85. The van der Waals surface area contributed by atoms with E-state index in [2.05, 4.69) is 5.32 Å². The summed E-state index contributed by atoms with van der Waals surface area (Å²) in [6, 6.07) is 0.287. The maximum Gasteiger partial charge on any atom is 0.319 e. The van der Waals surface area contributed by atoms with Crippen LogP contribution in [-0.2, 0) is 4.79 Å². The molecule has 3 amide bonds. The van der Waals surface area contributed by atoms with Crippen molar-refractivity contribution in [3.8, 4) is 0 Å². The van der Waals surface area contributed by atoms with Gasteiger partial charge in [-0.15, -0.1) is 12.4 Å². The third kappa shape index (κ3) is 5.26. The van der Waals surface area contributed by atoms with Gasteiger partial charge in [-0.1, -0.05) is 19.3 Å². The summed E-state index contributed by atoms with van der Waals surface area (Å²) >= 11 is 0. The highest BCUT2D eigenvalue weighted by atomic mass is 35.5. The van der Waals surface area contributed by atoms with Crippen LogP contribution in [0.5, 0.6) is 0 Å². The van der Waals surface area contributed by atoms with E-state index in [1.165, 1.54) is 32.1 Å². The van der Waals surface area contributed by atoms with Crippen LogP contribution in [0.1, 0.15) is 57.8 Å². The van der Waals surface area contributed by atoms with E-state index >= 15 is 0 Å². The Balaban J connectivity index is 0.00000243. The van der Waals surface area contributed by atoms with Crippen LogP contribution in [0.15, 0.2) is 0 Å². The number of hydrogen-bond acceptors (Lipinski definition) is 3. The molecule has 0 aromatic heterocycles. The van der Waals surface area contributed by atoms with Gasteiger partial charge in [0.05, 0.1) is 0 Å². The number of nitrogens with two attached hydrogens (primary N) is 1. The molecule has 3 fully saturated rings. The molecule has 1 saturated carbocycles. The maximum atomic E-state index is 12.7. The first-order chi connectivity index (χ1) is 12.2. The summed E-state index contributed by atoms with van der Waals surface area (Å²) in [6.07, 6.45) is 9.97. The molecule has 0 spiro atoms. The van der Waals surface area contributed by atoms with E-state index in [0.29, 0.717) is 25.6 Å². The Labute approximate surface area is 163 Å². The Morgan fingerprint density at radius 2 is 1.46 bits per heavy atom. The van der Waals surface area contributed by atoms with Gasteiger partial charge in [-0.05, 0) is 44.4 Å². The number of halogens is 1. The molecule has 3 N–H and O–H groups in total. The predicted octanol–water partition coefficient (Wildman–Crippen LogP) is 2.36. The van der Waals surface area contributed by atoms with Gasteiger partial charge in [0.1, 0.15) is 0 Å². The van der Waals surface area contributed by atoms with Gasteiger partial charge in [-0.3, -0.25) is 4.79 Å². The van der Waals surface area contributed by atoms with Gasteiger partial charge in [-0.25, -0.2) is 4.79 Å². The van der Waals surface area contributed by atoms with Gasteiger partial charge in [-0.2, -0.15) is 0 Å². The lowest BCUT2D eigenvalue weighted by atomic mass is 9.83. The zero-order chi connectivity index (χ0) is 17.6. The van der Waals surface area contributed by atoms with Crippen LogP contribution in [0.2, 0.25) is 0 Å². The molecule has 2 heterocycles. The van der Waals surface area contributed by atoms with Crippen LogP contribution in [0.4, 0.5) is 4.79 Å². The molecule has 150 valence electrons. The van der Waals surface area contributed by atoms with Crippen molar-refractivity contribution < 1.29 is 9.59 Å². The van der Waals surface area contributed by atoms with Crippen LogP contribution in [0.3, 0.4) is 0 Å². The van der Waals surface area contributed by atoms with Gasteiger partial charge < -0.3 is 20.9 Å². The molecule has 0 aromatic rings. The number of carbonyl (C=O) groups is 2. The van der Waals surface area contributed by atoms with E-state index in [0.717, 1.165) is 38.8 Å². The lowest BCUT2D eigenvalue weighted by Gasteiger charge is -2.35. The fraction of sp³-hybridized carbons (Fsp3) is 0.895. The normalized spacial score (nSPS) is 23.4. The van der Waals surface area contributed by atoms with Crippen LogP contribution >= 0.6 is 12.4 Å². The molecule has 0 bridgehead atoms. The van der Waals surface area contributed by atoms with E-state index in [4.69, 9.17) is 5.73 Å². The summed E-state index contributed by atoms with van der Waals surface area (Å²) < 4.78 is 0. The molecule has 7 heteroatoms. The number of carbonyl (C=O) groups excluding carboxylic acids is 2. The Bertz CT molecular complexity index is 456. The summed E-state index contributed by atoms with van der Waals surface area (Å²) in [5.74, 6) is 0.717. The Morgan fingerprint density at radius 1 is 0.885 bits per heavy atom. The number of amides is 3. The van der Waals surface area contributed by atoms with Crippen LogP contribution in [0, 0.1) is 11.8 Å². The van der Waals surface area contributed by atoms with Crippen molar-refractivity contribution in [3.05, 3.63) is 0 Å². The number of piperidine rings is 1. The van der Waals surface area contributed by atoms with E-state index < -0.39 is 0 Å². The largest absolute Gasteiger partial charge is 0.352 e. The summed E-state index contributed by atoms with van der Waals surface area (Å²) in [6.45, 7) is 3.70. The van der Waals surface area contributed by atoms with Gasteiger partial charge in [0.2, 0.25) is 5.91 Å². The standard InChI is InChI=1S/C19H34N4O2.ClH/c20-14-17(15-6-2-1-3-7-15)21-18(24)16-8-12-23(13-9-16)19(25)22-10-4-5-11-22;/h15-17H,1-14,20H2,(H,21,24);1H. The maximum absolute atomic E-state index is 12.7. The van der Waals surface area contributed by atoms with E-state index in [1.54, 1.807) is 0 Å². The molecular weight excluding hydrogens is 352 g/mol. The first-order valence-electron chi connectivity index (χ1n) is 10.2. The lowest BCUT2D eigenvalue weighted by molar-refractivity contribution is -0.127. The minimum atomic E-state index is 0. The van der Waals surface area contributed by atoms with Gasteiger partial charge in [0, 0.05) is 44.7 Å². The highest BCUT2D eigenvalue weighted by Gasteiger charge is 2.32. The molecule has 26 heavy (non-hydrogen) atoms. The quantitative estimate of drug-likeness (QED) is 0.778. The Hall–Kier alpha value is -1.01. The number of likely N-dealkylation sites (tertiary alicyclic amines) is 2. The lowest BCUT2D eigenvalue weighted by Crippen LogP contribution is -2.51. The van der Waals surface area contributed by atoms with Gasteiger partial charge in [0.25, 0.3) is 0 Å². The van der Waals surface area contributed by atoms with Crippen molar-refractivity contribution in [1.82, 2.24) is 15.1 Å². The zero-order valence-corrected chi connectivity index (χ0v) is 16.6. The molecular formula is C19H35ClN4O2. The van der Waals surface area contributed by atoms with E-state index in [-0.39, 0.29) is 36.3 Å². The van der Waals surface area contributed by atoms with Crippen LogP contribution in [-0.4, -0.2) is 60.5 Å². The second kappa shape index (κ2) is 10.4. The molecule has 1 aliphatic carbocycles. The molecule has 1 atom stereocenters. The average molecular weight is 387 g/mol. The average Bonchev–Trinajstić information content (AvgIpc) is 3.21. The fourth-order valence-corrected chi connectivity index (χ4v) is 4.65. The number of rotatable bonds is 4. The molecule has 2 aliphatic heterocycles. The Kier molecular flexibility index (Phi) is 8.48. The first kappa shape index (κ1) is 21.3. The first-order valence-corrected chi connectivity index (χ1v) is 10.2. The number of hydrogen-bond donors (Lipinski definition) is 2. The minimum absolute atomic E-state index is 0. The third-order valence-corrected chi connectivity index (χ3v) is 6.31. The monoisotopic (exact) mass is 386 g/mol. The van der Waals surface area contributed by atoms with Crippen molar-refractivity contribution in [2.45, 2.75) is 63.8 Å². The summed E-state index contributed by atoms with van der Waals surface area (Å²) in [7, 11) is 0. The molecule has 0 aromatic carbocycles. The van der Waals surface area contributed by atoms with Crippen molar-refractivity contribution in [2.24, 2.45) is 17.6 Å². The summed E-state index contributed by atoms with van der Waals surface area (Å²) in [5, 5.41) is 3.23. The van der Waals surface area contributed by atoms with Gasteiger partial charge in [0.15, 0.2) is 0 Å². The summed E-state index contributed by atoms with van der Waals surface area (Å²) in [5.41, 5.74) is 5.94. The number of nitrogens with zero attached hydrogens (tertiary/aromatic N) is 2. The molecule has 0 radical (unpaired) electrons. The second-order valence-electron chi connectivity index (χ2n) is 7.99. The van der Waals surface area contributed by atoms with Crippen molar-refractivity contribution in [2.75, 3.05) is 32.7 Å². The van der Waals surface area contributed by atoms with E-state index in [9.17, 15) is 9.59 Å². The summed E-state index contributed by atoms with van der Waals surface area (Å²) in [4.78, 5) is 29.0. The van der Waals surface area contributed by atoms with Crippen molar-refractivity contribution >= 4 is 24.3 Å². The number of urea groups is 1. The Morgan fingerprint density at radius 3 is 2.04 bits per heavy atom. The fourth-order valence-electron chi connectivity index (χ4n) is 4.65. The zero-order valence-electron chi connectivity index (χ0n) is 15.8. The molecule has 3 rings (SSSR count). The predicted molar refractivity (Wildman–Crippen MR) is 105 cm³/mol. The smallest absolute Gasteiger partial charge is 0.319 e. The molecule has 2 saturated heterocycles.